The fraction of sp³-hybridized carbons (Fsp3) is 0.400. The molecule has 0 heterocycles. The zero-order valence-corrected chi connectivity index (χ0v) is 7.15. The van der Waals surface area contributed by atoms with E-state index in [-0.39, 0.29) is 0 Å². The van der Waals surface area contributed by atoms with Crippen molar-refractivity contribution in [3.05, 3.63) is 36.0 Å². The fourth-order valence-corrected chi connectivity index (χ4v) is 0.630. The lowest BCUT2D eigenvalue weighted by Crippen LogP contribution is -1.77. The zero-order chi connectivity index (χ0) is 7.98. The van der Waals surface area contributed by atoms with Crippen LogP contribution in [0.4, 0.5) is 0 Å². The SMILES string of the molecule is C=C/C(C)=C(/C)CC=CC. The predicted molar refractivity (Wildman–Crippen MR) is 48.0 cm³/mol. The Morgan fingerprint density at radius 3 is 2.40 bits per heavy atom. The molecule has 0 aliphatic heterocycles. The quantitative estimate of drug-likeness (QED) is 0.411. The lowest BCUT2D eigenvalue weighted by Gasteiger charge is -1.97. The Labute approximate surface area is 64.0 Å². The lowest BCUT2D eigenvalue weighted by atomic mass is 10.1. The van der Waals surface area contributed by atoms with Gasteiger partial charge in [0.1, 0.15) is 0 Å². The number of hydrogen-bond donors (Lipinski definition) is 0. The highest BCUT2D eigenvalue weighted by molar-refractivity contribution is 5.21. The second-order valence-corrected chi connectivity index (χ2v) is 2.44. The topological polar surface area (TPSA) is 0 Å². The Kier molecular flexibility index (Phi) is 4.65. The van der Waals surface area contributed by atoms with Crippen LogP contribution in [0.5, 0.6) is 0 Å². The van der Waals surface area contributed by atoms with Gasteiger partial charge in [0.25, 0.3) is 0 Å². The summed E-state index contributed by atoms with van der Waals surface area (Å²) in [7, 11) is 0. The first-order valence-electron chi connectivity index (χ1n) is 3.62. The second kappa shape index (κ2) is 5.04. The Hall–Kier alpha value is -0.780. The molecule has 0 aliphatic rings. The molecule has 56 valence electrons. The van der Waals surface area contributed by atoms with Gasteiger partial charge in [0.2, 0.25) is 0 Å². The van der Waals surface area contributed by atoms with Gasteiger partial charge in [-0.2, -0.15) is 0 Å². The van der Waals surface area contributed by atoms with Crippen LogP contribution in [0.3, 0.4) is 0 Å². The van der Waals surface area contributed by atoms with Crippen LogP contribution in [-0.4, -0.2) is 0 Å². The summed E-state index contributed by atoms with van der Waals surface area (Å²) in [5.74, 6) is 0. The van der Waals surface area contributed by atoms with Crippen LogP contribution in [0.25, 0.3) is 0 Å². The van der Waals surface area contributed by atoms with Crippen molar-refractivity contribution >= 4 is 0 Å². The first kappa shape index (κ1) is 9.22. The minimum Gasteiger partial charge on any atom is -0.0988 e. The lowest BCUT2D eigenvalue weighted by molar-refractivity contribution is 1.16. The molecule has 10 heavy (non-hydrogen) atoms. The molecule has 0 aromatic rings. The molecular weight excluding hydrogens is 120 g/mol. The number of allylic oxidation sites excluding steroid dienone is 5. The average molecular weight is 136 g/mol. The third kappa shape index (κ3) is 3.29. The molecule has 0 aromatic carbocycles. The van der Waals surface area contributed by atoms with E-state index >= 15 is 0 Å². The predicted octanol–water partition coefficient (Wildman–Crippen LogP) is 3.48. The van der Waals surface area contributed by atoms with Crippen molar-refractivity contribution < 1.29 is 0 Å². The summed E-state index contributed by atoms with van der Waals surface area (Å²) in [5.41, 5.74) is 2.69. The molecule has 0 radical (unpaired) electrons. The molecule has 0 saturated heterocycles. The van der Waals surface area contributed by atoms with Crippen LogP contribution < -0.4 is 0 Å². The van der Waals surface area contributed by atoms with Crippen LogP contribution in [0.15, 0.2) is 36.0 Å². The fourth-order valence-electron chi connectivity index (χ4n) is 0.630. The highest BCUT2D eigenvalue weighted by atomic mass is 13.9. The van der Waals surface area contributed by atoms with E-state index in [0.717, 1.165) is 6.42 Å². The molecule has 0 nitrogen and oxygen atoms in total. The van der Waals surface area contributed by atoms with E-state index < -0.39 is 0 Å². The molecule has 0 fully saturated rings. The molecular formula is C10H16. The standard InChI is InChI=1S/C10H16/c1-5-7-8-10(4)9(3)6-2/h5-7H,2,8H2,1,3-4H3/b7-5?,10-9-. The zero-order valence-electron chi connectivity index (χ0n) is 7.15. The van der Waals surface area contributed by atoms with E-state index in [0.29, 0.717) is 0 Å². The van der Waals surface area contributed by atoms with Gasteiger partial charge in [-0.15, -0.1) is 0 Å². The Balaban J connectivity index is 4.04. The van der Waals surface area contributed by atoms with Crippen molar-refractivity contribution in [3.8, 4) is 0 Å². The summed E-state index contributed by atoms with van der Waals surface area (Å²) < 4.78 is 0. The van der Waals surface area contributed by atoms with E-state index in [1.807, 2.05) is 13.0 Å². The molecule has 0 N–H and O–H groups in total. The van der Waals surface area contributed by atoms with Crippen LogP contribution >= 0.6 is 0 Å². The van der Waals surface area contributed by atoms with E-state index in [9.17, 15) is 0 Å². The summed E-state index contributed by atoms with van der Waals surface area (Å²) in [6.45, 7) is 9.97. The summed E-state index contributed by atoms with van der Waals surface area (Å²) in [4.78, 5) is 0. The van der Waals surface area contributed by atoms with Crippen LogP contribution in [0.2, 0.25) is 0 Å². The minimum atomic E-state index is 1.05. The molecule has 0 amide bonds. The van der Waals surface area contributed by atoms with E-state index in [1.54, 1.807) is 0 Å². The molecule has 0 unspecified atom stereocenters. The van der Waals surface area contributed by atoms with Gasteiger partial charge < -0.3 is 0 Å². The third-order valence-corrected chi connectivity index (χ3v) is 1.64. The van der Waals surface area contributed by atoms with Gasteiger partial charge in [0, 0.05) is 0 Å². The summed E-state index contributed by atoms with van der Waals surface area (Å²) >= 11 is 0. The van der Waals surface area contributed by atoms with Crippen molar-refractivity contribution in [1.82, 2.24) is 0 Å². The van der Waals surface area contributed by atoms with Crippen molar-refractivity contribution in [3.63, 3.8) is 0 Å². The third-order valence-electron chi connectivity index (χ3n) is 1.64. The minimum absolute atomic E-state index is 1.05. The molecule has 0 bridgehead atoms. The molecule has 0 spiro atoms. The molecule has 0 atom stereocenters. The van der Waals surface area contributed by atoms with Crippen molar-refractivity contribution in [2.45, 2.75) is 27.2 Å². The Bertz CT molecular complexity index is 159. The van der Waals surface area contributed by atoms with Gasteiger partial charge in [-0.05, 0) is 27.2 Å². The monoisotopic (exact) mass is 136 g/mol. The normalized spacial score (nSPS) is 13.5. The van der Waals surface area contributed by atoms with Crippen molar-refractivity contribution in [1.29, 1.82) is 0 Å². The second-order valence-electron chi connectivity index (χ2n) is 2.44. The molecule has 0 aromatic heterocycles. The van der Waals surface area contributed by atoms with Gasteiger partial charge in [-0.25, -0.2) is 0 Å². The summed E-state index contributed by atoms with van der Waals surface area (Å²) in [6.07, 6.45) is 7.18. The summed E-state index contributed by atoms with van der Waals surface area (Å²) in [5, 5.41) is 0. The first-order valence-corrected chi connectivity index (χ1v) is 3.62. The van der Waals surface area contributed by atoms with Crippen LogP contribution in [-0.2, 0) is 0 Å². The molecule has 0 rings (SSSR count). The first-order chi connectivity index (χ1) is 4.72. The van der Waals surface area contributed by atoms with E-state index in [4.69, 9.17) is 0 Å². The number of hydrogen-bond acceptors (Lipinski definition) is 0. The highest BCUT2D eigenvalue weighted by Crippen LogP contribution is 2.08. The molecule has 0 heteroatoms. The molecule has 0 aliphatic carbocycles. The van der Waals surface area contributed by atoms with Gasteiger partial charge in [-0.1, -0.05) is 36.0 Å². The maximum Gasteiger partial charge on any atom is -0.0136 e. The van der Waals surface area contributed by atoms with Gasteiger partial charge in [-0.3, -0.25) is 0 Å². The average Bonchev–Trinajstić information content (AvgIpc) is 1.98. The van der Waals surface area contributed by atoms with Crippen molar-refractivity contribution in [2.75, 3.05) is 0 Å². The van der Waals surface area contributed by atoms with Crippen LogP contribution in [0.1, 0.15) is 27.2 Å². The van der Waals surface area contributed by atoms with E-state index in [1.165, 1.54) is 11.1 Å². The largest absolute Gasteiger partial charge is 0.0988 e. The number of rotatable bonds is 3. The van der Waals surface area contributed by atoms with E-state index in [2.05, 4.69) is 32.6 Å². The van der Waals surface area contributed by atoms with Gasteiger partial charge in [0.15, 0.2) is 0 Å². The highest BCUT2D eigenvalue weighted by Gasteiger charge is 1.87. The maximum atomic E-state index is 3.71. The van der Waals surface area contributed by atoms with Gasteiger partial charge >= 0.3 is 0 Å². The van der Waals surface area contributed by atoms with Crippen molar-refractivity contribution in [2.24, 2.45) is 0 Å². The smallest absolute Gasteiger partial charge is 0.0136 e. The van der Waals surface area contributed by atoms with Crippen LogP contribution in [0, 0.1) is 0 Å². The summed E-state index contributed by atoms with van der Waals surface area (Å²) in [6, 6.07) is 0. The van der Waals surface area contributed by atoms with Gasteiger partial charge in [0.05, 0.1) is 0 Å². The Morgan fingerprint density at radius 1 is 1.40 bits per heavy atom. The molecule has 0 saturated carbocycles. The maximum absolute atomic E-state index is 3.71. The Morgan fingerprint density at radius 2 is 2.00 bits per heavy atom.